The molecule has 0 aromatic heterocycles. The zero-order chi connectivity index (χ0) is 29.6. The first kappa shape index (κ1) is 28.2. The molecule has 42 heavy (non-hydrogen) atoms. The quantitative estimate of drug-likeness (QED) is 0.357. The summed E-state index contributed by atoms with van der Waals surface area (Å²) in [6.45, 7) is 2.66. The number of amides is 5. The molecule has 2 aliphatic heterocycles. The Kier molecular flexibility index (Phi) is 8.36. The molecule has 2 fully saturated rings. The zero-order valence-corrected chi connectivity index (χ0v) is 22.9. The number of esters is 1. The minimum Gasteiger partial charge on any atom is -0.455 e. The Morgan fingerprint density at radius 1 is 0.929 bits per heavy atom. The van der Waals surface area contributed by atoms with Crippen molar-refractivity contribution in [2.75, 3.05) is 48.4 Å². The fourth-order valence-electron chi connectivity index (χ4n) is 4.73. The van der Waals surface area contributed by atoms with Gasteiger partial charge in [-0.1, -0.05) is 24.1 Å². The third-order valence-corrected chi connectivity index (χ3v) is 6.82. The van der Waals surface area contributed by atoms with Crippen LogP contribution in [0.4, 0.5) is 26.7 Å². The minimum atomic E-state index is -0.769. The van der Waals surface area contributed by atoms with E-state index >= 15 is 0 Å². The highest BCUT2D eigenvalue weighted by Gasteiger charge is 2.39. The second-order valence-corrected chi connectivity index (χ2v) is 9.74. The van der Waals surface area contributed by atoms with Crippen LogP contribution < -0.4 is 15.5 Å². The van der Waals surface area contributed by atoms with Gasteiger partial charge >= 0.3 is 18.0 Å². The number of terminal acetylenes is 1. The first-order valence-corrected chi connectivity index (χ1v) is 13.3. The van der Waals surface area contributed by atoms with E-state index in [4.69, 9.17) is 15.9 Å². The summed E-state index contributed by atoms with van der Waals surface area (Å²) in [5.74, 6) is 1.82. The zero-order valence-electron chi connectivity index (χ0n) is 22.9. The maximum atomic E-state index is 13.5. The molecule has 5 rings (SSSR count). The van der Waals surface area contributed by atoms with Crippen LogP contribution in [0.2, 0.25) is 0 Å². The molecule has 1 atom stereocenters. The molecule has 0 spiro atoms. The minimum absolute atomic E-state index is 0.0227. The van der Waals surface area contributed by atoms with Gasteiger partial charge in [-0.3, -0.25) is 4.79 Å². The summed E-state index contributed by atoms with van der Waals surface area (Å²) in [6, 6.07) is 19.2. The molecule has 2 aliphatic rings. The summed E-state index contributed by atoms with van der Waals surface area (Å²) in [4.78, 5) is 53.4. The Morgan fingerprint density at radius 3 is 2.19 bits per heavy atom. The molecule has 0 aliphatic carbocycles. The van der Waals surface area contributed by atoms with Crippen molar-refractivity contribution < 1.29 is 28.7 Å². The summed E-state index contributed by atoms with van der Waals surface area (Å²) < 4.78 is 10.9. The summed E-state index contributed by atoms with van der Waals surface area (Å²) in [5, 5.41) is 7.96. The molecule has 3 aromatic rings. The predicted molar refractivity (Wildman–Crippen MR) is 156 cm³/mol. The maximum Gasteiger partial charge on any atom is 0.340 e. The van der Waals surface area contributed by atoms with Crippen molar-refractivity contribution in [2.24, 2.45) is 0 Å². The normalized spacial score (nSPS) is 16.5. The van der Waals surface area contributed by atoms with Crippen LogP contribution >= 0.6 is 0 Å². The standard InChI is InChI=1S/C31H29N5O6/c1-3-22-9-11-24(12-10-22)32-30(39)35-18-26(42-29(38)23-7-5-4-6-8-23)19-36(35)31(40)33-25-13-14-27(21(2)17-25)34-15-16-41-20-28(34)37/h1,4-14,17,26H,15-16,18-20H2,2H3,(H,32,39)(H,33,40). The summed E-state index contributed by atoms with van der Waals surface area (Å²) in [5.41, 5.74) is 3.47. The lowest BCUT2D eigenvalue weighted by molar-refractivity contribution is -0.125. The SMILES string of the molecule is C#Cc1ccc(NC(=O)N2CC(OC(=O)c3ccccc3)CN2C(=O)Nc2ccc(N3CCOCC3=O)c(C)c2)cc1. The number of benzene rings is 3. The van der Waals surface area contributed by atoms with Gasteiger partial charge in [0.05, 0.1) is 25.3 Å². The third-order valence-electron chi connectivity index (χ3n) is 6.82. The molecule has 5 amide bonds. The molecule has 214 valence electrons. The van der Waals surface area contributed by atoms with Crippen molar-refractivity contribution in [1.82, 2.24) is 10.0 Å². The molecule has 11 nitrogen and oxygen atoms in total. The van der Waals surface area contributed by atoms with E-state index in [0.29, 0.717) is 35.7 Å². The third kappa shape index (κ3) is 6.35. The number of carbonyl (C=O) groups is 4. The molecular weight excluding hydrogens is 538 g/mol. The van der Waals surface area contributed by atoms with E-state index in [0.717, 1.165) is 11.3 Å². The first-order chi connectivity index (χ1) is 20.3. The number of anilines is 3. The Bertz CT molecular complexity index is 1540. The number of carbonyl (C=O) groups excluding carboxylic acids is 4. The molecule has 2 heterocycles. The van der Waals surface area contributed by atoms with Crippen molar-refractivity contribution in [1.29, 1.82) is 0 Å². The smallest absolute Gasteiger partial charge is 0.340 e. The van der Waals surface area contributed by atoms with E-state index in [9.17, 15) is 19.2 Å². The molecule has 2 N–H and O–H groups in total. The summed E-state index contributed by atoms with van der Waals surface area (Å²) in [6.07, 6.45) is 4.64. The van der Waals surface area contributed by atoms with Crippen molar-refractivity contribution >= 4 is 41.0 Å². The van der Waals surface area contributed by atoms with E-state index < -0.39 is 24.1 Å². The Morgan fingerprint density at radius 2 is 1.57 bits per heavy atom. The van der Waals surface area contributed by atoms with Gasteiger partial charge in [0.1, 0.15) is 12.7 Å². The van der Waals surface area contributed by atoms with Crippen LogP contribution in [0.5, 0.6) is 0 Å². The van der Waals surface area contributed by atoms with E-state index in [-0.39, 0.29) is 25.6 Å². The van der Waals surface area contributed by atoms with Crippen LogP contribution in [0.1, 0.15) is 21.5 Å². The second kappa shape index (κ2) is 12.4. The number of ether oxygens (including phenoxy) is 2. The van der Waals surface area contributed by atoms with Crippen LogP contribution in [0.15, 0.2) is 72.8 Å². The van der Waals surface area contributed by atoms with Gasteiger partial charge < -0.3 is 25.0 Å². The van der Waals surface area contributed by atoms with Crippen LogP contribution in [0.25, 0.3) is 0 Å². The number of nitrogens with zero attached hydrogens (tertiary/aromatic N) is 3. The monoisotopic (exact) mass is 567 g/mol. The Balaban J connectivity index is 1.32. The van der Waals surface area contributed by atoms with Gasteiger partial charge in [-0.2, -0.15) is 0 Å². The lowest BCUT2D eigenvalue weighted by atomic mass is 10.1. The number of hydrogen-bond donors (Lipinski definition) is 2. The van der Waals surface area contributed by atoms with Gasteiger partial charge in [-0.05, 0) is 67.1 Å². The van der Waals surface area contributed by atoms with E-state index in [1.54, 1.807) is 77.7 Å². The fraction of sp³-hybridized carbons (Fsp3) is 0.226. The lowest BCUT2D eigenvalue weighted by Gasteiger charge is -2.29. The number of rotatable bonds is 5. The fourth-order valence-corrected chi connectivity index (χ4v) is 4.73. The maximum absolute atomic E-state index is 13.5. The summed E-state index contributed by atoms with van der Waals surface area (Å²) in [7, 11) is 0. The van der Waals surface area contributed by atoms with Gasteiger partial charge in [0, 0.05) is 29.2 Å². The van der Waals surface area contributed by atoms with Crippen molar-refractivity contribution in [3.8, 4) is 12.3 Å². The highest BCUT2D eigenvalue weighted by atomic mass is 16.5. The number of urea groups is 2. The molecular formula is C31H29N5O6. The molecule has 2 saturated heterocycles. The topological polar surface area (TPSA) is 121 Å². The molecule has 3 aromatic carbocycles. The van der Waals surface area contributed by atoms with Gasteiger partial charge in [-0.25, -0.2) is 24.4 Å². The molecule has 11 heteroatoms. The van der Waals surface area contributed by atoms with Crippen molar-refractivity contribution in [2.45, 2.75) is 13.0 Å². The van der Waals surface area contributed by atoms with E-state index in [2.05, 4.69) is 16.6 Å². The number of aryl methyl sites for hydroxylation is 1. The predicted octanol–water partition coefficient (Wildman–Crippen LogP) is 3.86. The average Bonchev–Trinajstić information content (AvgIpc) is 3.43. The van der Waals surface area contributed by atoms with Crippen LogP contribution in [-0.4, -0.2) is 72.9 Å². The molecule has 1 unspecified atom stereocenters. The highest BCUT2D eigenvalue weighted by Crippen LogP contribution is 2.26. The van der Waals surface area contributed by atoms with Gasteiger partial charge in [0.2, 0.25) is 0 Å². The number of hydrogen-bond acceptors (Lipinski definition) is 6. The van der Waals surface area contributed by atoms with Crippen LogP contribution in [0, 0.1) is 19.3 Å². The number of hydrazine groups is 1. The van der Waals surface area contributed by atoms with Crippen LogP contribution in [-0.2, 0) is 14.3 Å². The number of nitrogens with one attached hydrogen (secondary N) is 2. The number of morpholine rings is 1. The average molecular weight is 568 g/mol. The summed E-state index contributed by atoms with van der Waals surface area (Å²) >= 11 is 0. The van der Waals surface area contributed by atoms with Gasteiger partial charge in [-0.15, -0.1) is 6.42 Å². The van der Waals surface area contributed by atoms with Gasteiger partial charge in [0.25, 0.3) is 5.91 Å². The van der Waals surface area contributed by atoms with Gasteiger partial charge in [0.15, 0.2) is 0 Å². The molecule has 0 bridgehead atoms. The van der Waals surface area contributed by atoms with E-state index in [1.165, 1.54) is 10.0 Å². The van der Waals surface area contributed by atoms with E-state index in [1.807, 2.05) is 6.92 Å². The second-order valence-electron chi connectivity index (χ2n) is 9.74. The Labute approximate surface area is 242 Å². The van der Waals surface area contributed by atoms with Crippen molar-refractivity contribution in [3.05, 3.63) is 89.5 Å². The molecule has 0 saturated carbocycles. The Hall–Kier alpha value is -5.34. The van der Waals surface area contributed by atoms with Crippen molar-refractivity contribution in [3.63, 3.8) is 0 Å². The lowest BCUT2D eigenvalue weighted by Crippen LogP contribution is -2.48. The van der Waals surface area contributed by atoms with Crippen LogP contribution in [0.3, 0.4) is 0 Å². The first-order valence-electron chi connectivity index (χ1n) is 13.3. The largest absolute Gasteiger partial charge is 0.455 e. The highest BCUT2D eigenvalue weighted by molar-refractivity contribution is 5.97. The molecule has 0 radical (unpaired) electrons.